The fraction of sp³-hybridized carbons (Fsp3) is 0.923. The van der Waals surface area contributed by atoms with Gasteiger partial charge in [0.15, 0.2) is 15.6 Å². The normalized spacial score (nSPS) is 18.5. The van der Waals surface area contributed by atoms with Crippen molar-refractivity contribution < 1.29 is 13.2 Å². The van der Waals surface area contributed by atoms with Crippen LogP contribution in [0.15, 0.2) is 0 Å². The molecule has 1 saturated carbocycles. The molecule has 0 unspecified atom stereocenters. The minimum absolute atomic E-state index is 0.0116. The third kappa shape index (κ3) is 5.66. The van der Waals surface area contributed by atoms with Crippen LogP contribution in [0.3, 0.4) is 0 Å². The second-order valence-corrected chi connectivity index (χ2v) is 7.76. The van der Waals surface area contributed by atoms with Crippen LogP contribution in [-0.4, -0.2) is 25.7 Å². The Hall–Kier alpha value is -0.380. The fourth-order valence-corrected chi connectivity index (χ4v) is 3.89. The first-order chi connectivity index (χ1) is 7.91. The van der Waals surface area contributed by atoms with E-state index in [-0.39, 0.29) is 23.2 Å². The second-order valence-electron chi connectivity index (χ2n) is 5.58. The van der Waals surface area contributed by atoms with Gasteiger partial charge in [0, 0.05) is 5.92 Å². The third-order valence-electron chi connectivity index (χ3n) is 3.43. The number of carbonyl (C=O) groups excluding carboxylic acids is 1. The molecule has 17 heavy (non-hydrogen) atoms. The zero-order valence-electron chi connectivity index (χ0n) is 10.9. The Labute approximate surface area is 105 Å². The molecule has 1 aliphatic carbocycles. The Kier molecular flexibility index (Phi) is 5.63. The first kappa shape index (κ1) is 14.7. The van der Waals surface area contributed by atoms with Gasteiger partial charge in [0.1, 0.15) is 5.75 Å². The lowest BCUT2D eigenvalue weighted by Gasteiger charge is -2.20. The minimum atomic E-state index is -3.17. The van der Waals surface area contributed by atoms with Crippen molar-refractivity contribution >= 4 is 15.6 Å². The van der Waals surface area contributed by atoms with Crippen LogP contribution < -0.4 is 0 Å². The van der Waals surface area contributed by atoms with Gasteiger partial charge in [0.25, 0.3) is 0 Å². The van der Waals surface area contributed by atoms with Crippen LogP contribution in [0, 0.1) is 11.8 Å². The highest BCUT2D eigenvalue weighted by Crippen LogP contribution is 2.24. The molecule has 0 aliphatic heterocycles. The van der Waals surface area contributed by atoms with Crippen LogP contribution >= 0.6 is 0 Å². The van der Waals surface area contributed by atoms with Crippen molar-refractivity contribution in [3.63, 3.8) is 0 Å². The quantitative estimate of drug-likeness (QED) is 0.737. The molecule has 100 valence electrons. The summed E-state index contributed by atoms with van der Waals surface area (Å²) in [5, 5.41) is 0. The Morgan fingerprint density at radius 3 is 2.29 bits per heavy atom. The molecule has 0 atom stereocenters. The third-order valence-corrected chi connectivity index (χ3v) is 5.01. The minimum Gasteiger partial charge on any atom is -0.298 e. The van der Waals surface area contributed by atoms with Crippen molar-refractivity contribution in [2.45, 2.75) is 52.4 Å². The summed E-state index contributed by atoms with van der Waals surface area (Å²) >= 11 is 0. The van der Waals surface area contributed by atoms with E-state index in [1.165, 1.54) is 6.42 Å². The lowest BCUT2D eigenvalue weighted by Crippen LogP contribution is -2.27. The summed E-state index contributed by atoms with van der Waals surface area (Å²) in [7, 11) is -3.17. The van der Waals surface area contributed by atoms with Crippen LogP contribution in [0.25, 0.3) is 0 Å². The summed E-state index contributed by atoms with van der Waals surface area (Å²) in [5.41, 5.74) is 0. The topological polar surface area (TPSA) is 51.2 Å². The second kappa shape index (κ2) is 6.53. The van der Waals surface area contributed by atoms with E-state index in [1.807, 2.05) is 13.8 Å². The average molecular weight is 260 g/mol. The lowest BCUT2D eigenvalue weighted by atomic mass is 9.87. The number of hydrogen-bond donors (Lipinski definition) is 0. The molecule has 0 radical (unpaired) electrons. The molecule has 4 heteroatoms. The molecule has 0 aromatic carbocycles. The molecule has 0 aromatic heterocycles. The monoisotopic (exact) mass is 260 g/mol. The zero-order valence-corrected chi connectivity index (χ0v) is 11.8. The van der Waals surface area contributed by atoms with E-state index in [4.69, 9.17) is 0 Å². The number of Topliss-reactive ketones (excluding diaryl/α,β-unsaturated/α-hetero) is 1. The summed E-state index contributed by atoms with van der Waals surface area (Å²) in [6.07, 6.45) is 5.76. The van der Waals surface area contributed by atoms with Gasteiger partial charge in [-0.25, -0.2) is 8.42 Å². The highest BCUT2D eigenvalue weighted by atomic mass is 32.2. The molecular weight excluding hydrogens is 236 g/mol. The number of carbonyl (C=O) groups is 1. The molecule has 0 heterocycles. The maximum Gasteiger partial charge on any atom is 0.157 e. The molecule has 1 fully saturated rings. The predicted molar refractivity (Wildman–Crippen MR) is 69.7 cm³/mol. The summed E-state index contributed by atoms with van der Waals surface area (Å²) in [6, 6.07) is 0. The van der Waals surface area contributed by atoms with E-state index in [0.29, 0.717) is 12.3 Å². The van der Waals surface area contributed by atoms with Crippen LogP contribution in [-0.2, 0) is 14.6 Å². The van der Waals surface area contributed by atoms with Gasteiger partial charge in [-0.05, 0) is 25.2 Å². The van der Waals surface area contributed by atoms with Crippen molar-refractivity contribution in [2.75, 3.05) is 11.5 Å². The van der Waals surface area contributed by atoms with Crippen LogP contribution in [0.5, 0.6) is 0 Å². The van der Waals surface area contributed by atoms with Crippen LogP contribution in [0.4, 0.5) is 0 Å². The highest BCUT2D eigenvalue weighted by molar-refractivity contribution is 7.92. The molecule has 0 spiro atoms. The smallest absolute Gasteiger partial charge is 0.157 e. The summed E-state index contributed by atoms with van der Waals surface area (Å²) < 4.78 is 23.5. The van der Waals surface area contributed by atoms with Gasteiger partial charge in [-0.2, -0.15) is 0 Å². The predicted octanol–water partition coefficient (Wildman–Crippen LogP) is 2.60. The van der Waals surface area contributed by atoms with E-state index >= 15 is 0 Å². The molecule has 0 amide bonds. The average Bonchev–Trinajstić information content (AvgIpc) is 2.27. The Morgan fingerprint density at radius 1 is 1.18 bits per heavy atom. The van der Waals surface area contributed by atoms with E-state index in [1.54, 1.807) is 0 Å². The Morgan fingerprint density at radius 2 is 1.76 bits per heavy atom. The molecule has 0 bridgehead atoms. The first-order valence-electron chi connectivity index (χ1n) is 6.64. The summed E-state index contributed by atoms with van der Waals surface area (Å²) in [4.78, 5) is 11.9. The first-order valence-corrected chi connectivity index (χ1v) is 8.46. The Balaban J connectivity index is 2.43. The molecule has 1 aliphatic rings. The molecule has 3 nitrogen and oxygen atoms in total. The van der Waals surface area contributed by atoms with E-state index in [0.717, 1.165) is 25.7 Å². The lowest BCUT2D eigenvalue weighted by molar-refractivity contribution is -0.121. The van der Waals surface area contributed by atoms with Gasteiger partial charge in [-0.1, -0.05) is 33.1 Å². The highest BCUT2D eigenvalue weighted by Gasteiger charge is 2.25. The summed E-state index contributed by atoms with van der Waals surface area (Å²) in [6.45, 7) is 4.00. The zero-order chi connectivity index (χ0) is 12.9. The fourth-order valence-electron chi connectivity index (χ4n) is 2.25. The van der Waals surface area contributed by atoms with Gasteiger partial charge in [-0.15, -0.1) is 0 Å². The van der Waals surface area contributed by atoms with Gasteiger partial charge < -0.3 is 0 Å². The van der Waals surface area contributed by atoms with Crippen molar-refractivity contribution in [3.8, 4) is 0 Å². The number of sulfone groups is 1. The standard InChI is InChI=1S/C13H24O3S/c1-11(2)8-9-17(15,16)10-13(14)12-6-4-3-5-7-12/h11-12H,3-10H2,1-2H3. The van der Waals surface area contributed by atoms with E-state index in [2.05, 4.69) is 0 Å². The molecule has 1 rings (SSSR count). The van der Waals surface area contributed by atoms with Crippen LogP contribution in [0.1, 0.15) is 52.4 Å². The van der Waals surface area contributed by atoms with Crippen molar-refractivity contribution in [3.05, 3.63) is 0 Å². The van der Waals surface area contributed by atoms with Gasteiger partial charge >= 0.3 is 0 Å². The maximum absolute atomic E-state index is 11.9. The van der Waals surface area contributed by atoms with Crippen molar-refractivity contribution in [1.82, 2.24) is 0 Å². The number of ketones is 1. The van der Waals surface area contributed by atoms with Gasteiger partial charge in [0.2, 0.25) is 0 Å². The number of hydrogen-bond acceptors (Lipinski definition) is 3. The van der Waals surface area contributed by atoms with Gasteiger partial charge in [-0.3, -0.25) is 4.79 Å². The molecule has 0 N–H and O–H groups in total. The summed E-state index contributed by atoms with van der Waals surface area (Å²) in [5.74, 6) is 0.258. The molecular formula is C13H24O3S. The van der Waals surface area contributed by atoms with Crippen LogP contribution in [0.2, 0.25) is 0 Å². The largest absolute Gasteiger partial charge is 0.298 e. The molecule has 0 saturated heterocycles. The molecule has 0 aromatic rings. The Bertz CT molecular complexity index is 338. The van der Waals surface area contributed by atoms with Crippen molar-refractivity contribution in [2.24, 2.45) is 11.8 Å². The number of rotatable bonds is 6. The van der Waals surface area contributed by atoms with E-state index in [9.17, 15) is 13.2 Å². The van der Waals surface area contributed by atoms with Crippen molar-refractivity contribution in [1.29, 1.82) is 0 Å². The van der Waals surface area contributed by atoms with Gasteiger partial charge in [0.05, 0.1) is 5.75 Å². The maximum atomic E-state index is 11.9. The SMILES string of the molecule is CC(C)CCS(=O)(=O)CC(=O)C1CCCCC1. The van der Waals surface area contributed by atoms with E-state index < -0.39 is 9.84 Å².